The molecule has 1 atom stereocenters. The summed E-state index contributed by atoms with van der Waals surface area (Å²) in [6, 6.07) is 12.6. The number of hydrogen-bond donors (Lipinski definition) is 0. The Kier molecular flexibility index (Phi) is 5.26. The van der Waals surface area contributed by atoms with Gasteiger partial charge in [-0.2, -0.15) is 5.10 Å². The van der Waals surface area contributed by atoms with Gasteiger partial charge in [-0.05, 0) is 47.5 Å². The summed E-state index contributed by atoms with van der Waals surface area (Å²) in [4.78, 5) is 18.7. The quantitative estimate of drug-likeness (QED) is 0.624. The molecule has 0 spiro atoms. The molecule has 148 valence electrons. The van der Waals surface area contributed by atoms with Gasteiger partial charge in [0.25, 0.3) is 0 Å². The molecule has 7 nitrogen and oxygen atoms in total. The molecule has 0 saturated heterocycles. The lowest BCUT2D eigenvalue weighted by Gasteiger charge is -2.28. The highest BCUT2D eigenvalue weighted by Crippen LogP contribution is 2.19. The molecule has 2 aromatic heterocycles. The Morgan fingerprint density at radius 3 is 2.45 bits per heavy atom. The Balaban J connectivity index is 1.52. The number of benzene rings is 1. The van der Waals surface area contributed by atoms with Crippen LogP contribution in [0.5, 0.6) is 0 Å². The van der Waals surface area contributed by atoms with Crippen molar-refractivity contribution in [1.82, 2.24) is 19.7 Å². The van der Waals surface area contributed by atoms with E-state index in [9.17, 15) is 13.2 Å². The molecule has 0 N–H and O–H groups in total. The van der Waals surface area contributed by atoms with Crippen molar-refractivity contribution in [3.8, 4) is 5.69 Å². The predicted molar refractivity (Wildman–Crippen MR) is 109 cm³/mol. The topological polar surface area (TPSA) is 85.2 Å². The van der Waals surface area contributed by atoms with Crippen molar-refractivity contribution >= 4 is 15.7 Å². The summed E-state index contributed by atoms with van der Waals surface area (Å²) in [5.74, 6) is -0.206. The smallest absolute Gasteiger partial charge is 0.227 e. The fourth-order valence-electron chi connectivity index (χ4n) is 3.29. The number of pyridine rings is 1. The normalized spacial score (nSPS) is 17.3. The molecule has 0 radical (unpaired) electrons. The maximum absolute atomic E-state index is 13.1. The Morgan fingerprint density at radius 1 is 1.07 bits per heavy atom. The number of amides is 1. The van der Waals surface area contributed by atoms with E-state index in [-0.39, 0.29) is 18.1 Å². The van der Waals surface area contributed by atoms with Crippen LogP contribution in [0.25, 0.3) is 5.69 Å². The average molecular weight is 408 g/mol. The second-order valence-electron chi connectivity index (χ2n) is 6.90. The maximum atomic E-state index is 13.1. The number of rotatable bonds is 6. The van der Waals surface area contributed by atoms with E-state index < -0.39 is 15.9 Å². The summed E-state index contributed by atoms with van der Waals surface area (Å²) in [5, 5.41) is 5.39. The van der Waals surface area contributed by atoms with Crippen molar-refractivity contribution in [2.24, 2.45) is 0 Å². The summed E-state index contributed by atoms with van der Waals surface area (Å²) in [7, 11) is -3.27. The van der Waals surface area contributed by atoms with Crippen LogP contribution < -0.4 is 0 Å². The van der Waals surface area contributed by atoms with Crippen LogP contribution in [0.15, 0.2) is 78.7 Å². The summed E-state index contributed by atoms with van der Waals surface area (Å²) < 4.78 is 25.5. The van der Waals surface area contributed by atoms with Crippen molar-refractivity contribution in [2.75, 3.05) is 5.75 Å². The van der Waals surface area contributed by atoms with Gasteiger partial charge >= 0.3 is 0 Å². The summed E-state index contributed by atoms with van der Waals surface area (Å²) in [6.45, 7) is 0.331. The van der Waals surface area contributed by atoms with Crippen molar-refractivity contribution in [2.45, 2.75) is 19.0 Å². The van der Waals surface area contributed by atoms with Gasteiger partial charge in [0.15, 0.2) is 9.84 Å². The van der Waals surface area contributed by atoms with Crippen LogP contribution in [-0.2, 0) is 27.6 Å². The molecule has 0 saturated carbocycles. The van der Waals surface area contributed by atoms with Crippen LogP contribution in [0, 0.1) is 0 Å². The minimum Gasteiger partial charge on any atom is -0.331 e. The summed E-state index contributed by atoms with van der Waals surface area (Å²) >= 11 is 0. The largest absolute Gasteiger partial charge is 0.331 e. The van der Waals surface area contributed by atoms with Crippen LogP contribution in [0.2, 0.25) is 0 Å². The SMILES string of the molecule is O=C(Cc1ccc(-n2cccn2)cc1)N(Cc1ccncc1)C1C=CS(=O)(=O)C1. The second kappa shape index (κ2) is 8.00. The van der Waals surface area contributed by atoms with Crippen molar-refractivity contribution in [3.05, 3.63) is 89.9 Å². The van der Waals surface area contributed by atoms with Gasteiger partial charge in [-0.25, -0.2) is 13.1 Å². The zero-order valence-electron chi connectivity index (χ0n) is 15.6. The zero-order valence-corrected chi connectivity index (χ0v) is 16.4. The van der Waals surface area contributed by atoms with Crippen LogP contribution in [0.4, 0.5) is 0 Å². The van der Waals surface area contributed by atoms with E-state index in [2.05, 4.69) is 10.1 Å². The molecular weight excluding hydrogens is 388 g/mol. The molecule has 1 unspecified atom stereocenters. The molecular formula is C21H20N4O3S. The second-order valence-corrected chi connectivity index (χ2v) is 8.83. The predicted octanol–water partition coefficient (Wildman–Crippen LogP) is 2.15. The highest BCUT2D eigenvalue weighted by molar-refractivity contribution is 7.94. The van der Waals surface area contributed by atoms with Gasteiger partial charge in [-0.1, -0.05) is 12.1 Å². The molecule has 4 rings (SSSR count). The highest BCUT2D eigenvalue weighted by atomic mass is 32.2. The molecule has 1 aromatic carbocycles. The molecule has 8 heteroatoms. The molecule has 3 heterocycles. The van der Waals surface area contributed by atoms with E-state index in [1.807, 2.05) is 48.7 Å². The first-order chi connectivity index (χ1) is 14.0. The van der Waals surface area contributed by atoms with Crippen molar-refractivity contribution in [1.29, 1.82) is 0 Å². The van der Waals surface area contributed by atoms with Gasteiger partial charge in [0.1, 0.15) is 0 Å². The van der Waals surface area contributed by atoms with Gasteiger partial charge < -0.3 is 4.90 Å². The van der Waals surface area contributed by atoms with Gasteiger partial charge in [-0.3, -0.25) is 9.78 Å². The highest BCUT2D eigenvalue weighted by Gasteiger charge is 2.30. The molecule has 29 heavy (non-hydrogen) atoms. The molecule has 1 aliphatic rings. The molecule has 0 aliphatic carbocycles. The number of carbonyl (C=O) groups excluding carboxylic acids is 1. The fraction of sp³-hybridized carbons (Fsp3) is 0.190. The number of hydrogen-bond acceptors (Lipinski definition) is 5. The van der Waals surface area contributed by atoms with Crippen LogP contribution in [0.1, 0.15) is 11.1 Å². The van der Waals surface area contributed by atoms with E-state index in [0.717, 1.165) is 16.8 Å². The molecule has 0 bridgehead atoms. The van der Waals surface area contributed by atoms with Gasteiger partial charge in [0.2, 0.25) is 5.91 Å². The maximum Gasteiger partial charge on any atom is 0.227 e. The Morgan fingerprint density at radius 2 is 1.83 bits per heavy atom. The van der Waals surface area contributed by atoms with E-state index in [1.54, 1.807) is 34.2 Å². The van der Waals surface area contributed by atoms with Crippen LogP contribution in [-0.4, -0.2) is 45.8 Å². The van der Waals surface area contributed by atoms with Gasteiger partial charge in [0, 0.05) is 36.7 Å². The summed E-state index contributed by atoms with van der Waals surface area (Å²) in [5.41, 5.74) is 2.67. The number of sulfone groups is 1. The lowest BCUT2D eigenvalue weighted by atomic mass is 10.1. The van der Waals surface area contributed by atoms with E-state index in [1.165, 1.54) is 5.41 Å². The lowest BCUT2D eigenvalue weighted by Crippen LogP contribution is -2.41. The Bertz CT molecular complexity index is 1110. The van der Waals surface area contributed by atoms with Gasteiger partial charge in [-0.15, -0.1) is 0 Å². The molecule has 3 aromatic rings. The van der Waals surface area contributed by atoms with Crippen LogP contribution in [0.3, 0.4) is 0 Å². The monoisotopic (exact) mass is 408 g/mol. The number of carbonyl (C=O) groups is 1. The zero-order chi connectivity index (χ0) is 20.3. The first kappa shape index (κ1) is 19.1. The minimum atomic E-state index is -3.27. The Labute approximate surface area is 169 Å². The number of aromatic nitrogens is 3. The fourth-order valence-corrected chi connectivity index (χ4v) is 4.59. The van der Waals surface area contributed by atoms with Crippen LogP contribution >= 0.6 is 0 Å². The minimum absolute atomic E-state index is 0.0813. The van der Waals surface area contributed by atoms with E-state index in [4.69, 9.17) is 0 Å². The molecule has 1 amide bonds. The lowest BCUT2D eigenvalue weighted by molar-refractivity contribution is -0.132. The first-order valence-electron chi connectivity index (χ1n) is 9.18. The third kappa shape index (κ3) is 4.60. The number of nitrogens with zero attached hydrogens (tertiary/aromatic N) is 4. The van der Waals surface area contributed by atoms with Crippen molar-refractivity contribution in [3.63, 3.8) is 0 Å². The average Bonchev–Trinajstić information content (AvgIpc) is 3.37. The third-order valence-corrected chi connectivity index (χ3v) is 6.17. The molecule has 0 fully saturated rings. The van der Waals surface area contributed by atoms with Gasteiger partial charge in [0.05, 0.1) is 23.9 Å². The third-order valence-electron chi connectivity index (χ3n) is 4.79. The standard InChI is InChI=1S/C21H20N4O3S/c26-21(14-17-2-4-19(5-3-17)25-12-1-9-23-25)24(15-18-6-10-22-11-7-18)20-8-13-29(27,28)16-20/h1-13,20H,14-16H2. The summed E-state index contributed by atoms with van der Waals surface area (Å²) in [6.07, 6.45) is 8.66. The van der Waals surface area contributed by atoms with Crippen molar-refractivity contribution < 1.29 is 13.2 Å². The molecule has 1 aliphatic heterocycles. The Hall–Kier alpha value is -3.26. The van der Waals surface area contributed by atoms with E-state index >= 15 is 0 Å². The first-order valence-corrected chi connectivity index (χ1v) is 10.9. The van der Waals surface area contributed by atoms with E-state index in [0.29, 0.717) is 6.54 Å².